The van der Waals surface area contributed by atoms with Gasteiger partial charge >= 0.3 is 0 Å². The molecule has 0 bridgehead atoms. The fourth-order valence-corrected chi connectivity index (χ4v) is 5.27. The molecule has 3 aliphatic rings. The van der Waals surface area contributed by atoms with Gasteiger partial charge in [0, 0.05) is 38.2 Å². The van der Waals surface area contributed by atoms with E-state index < -0.39 is 0 Å². The zero-order chi connectivity index (χ0) is 24.5. The molecular formula is C27H31N3O5. The van der Waals surface area contributed by atoms with Crippen molar-refractivity contribution in [1.29, 1.82) is 0 Å². The molecule has 1 aliphatic carbocycles. The fraction of sp³-hybridized carbons (Fsp3) is 0.444. The molecule has 2 heterocycles. The van der Waals surface area contributed by atoms with Crippen LogP contribution in [-0.2, 0) is 20.7 Å². The molecule has 35 heavy (non-hydrogen) atoms. The van der Waals surface area contributed by atoms with E-state index in [1.165, 1.54) is 5.56 Å². The normalized spacial score (nSPS) is 25.1. The quantitative estimate of drug-likeness (QED) is 0.686. The summed E-state index contributed by atoms with van der Waals surface area (Å²) in [5, 5.41) is 2.59. The van der Waals surface area contributed by atoms with Crippen molar-refractivity contribution in [2.45, 2.75) is 30.9 Å². The predicted octanol–water partition coefficient (Wildman–Crippen LogP) is 1.84. The summed E-state index contributed by atoms with van der Waals surface area (Å²) in [6.07, 6.45) is 0.962. The van der Waals surface area contributed by atoms with Crippen LogP contribution in [0.4, 0.5) is 0 Å². The number of likely N-dealkylation sites (tertiary alicyclic amines) is 1. The molecule has 3 fully saturated rings. The number of hydrogen-bond donors (Lipinski definition) is 1. The second-order valence-corrected chi connectivity index (χ2v) is 9.48. The topological polar surface area (TPSA) is 88.2 Å². The molecule has 184 valence electrons. The summed E-state index contributed by atoms with van der Waals surface area (Å²) in [6, 6.07) is 14.9. The molecule has 8 heteroatoms. The number of fused-ring (bicyclic) bond motifs is 1. The Balaban J connectivity index is 1.20. The van der Waals surface area contributed by atoms with Crippen molar-refractivity contribution in [2.75, 3.05) is 40.4 Å². The van der Waals surface area contributed by atoms with Gasteiger partial charge in [0.25, 0.3) is 5.91 Å². The van der Waals surface area contributed by atoms with Gasteiger partial charge in [-0.1, -0.05) is 24.3 Å². The lowest BCUT2D eigenvalue weighted by Gasteiger charge is -2.37. The first-order chi connectivity index (χ1) is 17.0. The number of carbonyl (C=O) groups excluding carboxylic acids is 3. The number of nitrogens with zero attached hydrogens (tertiary/aromatic N) is 2. The van der Waals surface area contributed by atoms with Crippen LogP contribution >= 0.6 is 0 Å². The highest BCUT2D eigenvalue weighted by Crippen LogP contribution is 2.49. The van der Waals surface area contributed by atoms with Crippen LogP contribution in [0, 0.1) is 5.92 Å². The minimum absolute atomic E-state index is 0.00521. The maximum absolute atomic E-state index is 13.4. The third kappa shape index (κ3) is 4.75. The Morgan fingerprint density at radius 1 is 1.06 bits per heavy atom. The van der Waals surface area contributed by atoms with Gasteiger partial charge in [-0.05, 0) is 47.7 Å². The maximum atomic E-state index is 13.4. The first-order valence-corrected chi connectivity index (χ1v) is 12.1. The number of hydrogen-bond acceptors (Lipinski definition) is 5. The molecule has 4 atom stereocenters. The van der Waals surface area contributed by atoms with Crippen LogP contribution in [-0.4, -0.2) is 80.1 Å². The number of amides is 3. The summed E-state index contributed by atoms with van der Waals surface area (Å²) < 4.78 is 11.2. The Kier molecular flexibility index (Phi) is 6.47. The highest BCUT2D eigenvalue weighted by atomic mass is 16.5. The Bertz CT molecular complexity index is 1100. The first-order valence-electron chi connectivity index (χ1n) is 12.1. The lowest BCUT2D eigenvalue weighted by molar-refractivity contribution is -0.144. The molecule has 2 aliphatic heterocycles. The minimum Gasteiger partial charge on any atom is -0.497 e. The van der Waals surface area contributed by atoms with Gasteiger partial charge in [0.2, 0.25) is 11.8 Å². The highest BCUT2D eigenvalue weighted by Gasteiger charge is 2.50. The van der Waals surface area contributed by atoms with Crippen LogP contribution in [0.2, 0.25) is 0 Å². The number of methoxy groups -OCH3 is 1. The van der Waals surface area contributed by atoms with Crippen molar-refractivity contribution in [3.05, 3.63) is 65.2 Å². The molecule has 0 unspecified atom stereocenters. The molecule has 1 saturated carbocycles. The molecule has 0 aromatic heterocycles. The summed E-state index contributed by atoms with van der Waals surface area (Å²) in [7, 11) is 3.23. The van der Waals surface area contributed by atoms with Crippen LogP contribution in [0.1, 0.15) is 33.8 Å². The number of rotatable bonds is 6. The van der Waals surface area contributed by atoms with Crippen LogP contribution in [0.25, 0.3) is 0 Å². The molecule has 0 spiro atoms. The number of ether oxygens (including phenoxy) is 2. The van der Waals surface area contributed by atoms with Crippen LogP contribution < -0.4 is 10.1 Å². The molecule has 3 amide bonds. The molecular weight excluding hydrogens is 446 g/mol. The Hall–Kier alpha value is -3.39. The van der Waals surface area contributed by atoms with Gasteiger partial charge in [-0.25, -0.2) is 0 Å². The Morgan fingerprint density at radius 2 is 1.80 bits per heavy atom. The minimum atomic E-state index is -0.154. The predicted molar refractivity (Wildman–Crippen MR) is 129 cm³/mol. The zero-order valence-electron chi connectivity index (χ0n) is 20.1. The largest absolute Gasteiger partial charge is 0.497 e. The number of morpholine rings is 1. The van der Waals surface area contributed by atoms with Crippen molar-refractivity contribution < 1.29 is 23.9 Å². The number of nitrogens with one attached hydrogen (secondary N) is 1. The number of benzene rings is 2. The van der Waals surface area contributed by atoms with Gasteiger partial charge in [0.15, 0.2) is 0 Å². The van der Waals surface area contributed by atoms with E-state index in [-0.39, 0.29) is 48.1 Å². The molecule has 2 aromatic rings. The molecule has 0 radical (unpaired) electrons. The van der Waals surface area contributed by atoms with Crippen molar-refractivity contribution in [3.8, 4) is 5.75 Å². The van der Waals surface area contributed by atoms with Gasteiger partial charge in [0.1, 0.15) is 5.75 Å². The van der Waals surface area contributed by atoms with E-state index in [0.29, 0.717) is 31.8 Å². The van der Waals surface area contributed by atoms with Crippen molar-refractivity contribution in [1.82, 2.24) is 15.1 Å². The average Bonchev–Trinajstić information content (AvgIpc) is 3.57. The molecule has 2 aromatic carbocycles. The van der Waals surface area contributed by atoms with E-state index in [9.17, 15) is 14.4 Å². The zero-order valence-corrected chi connectivity index (χ0v) is 20.1. The van der Waals surface area contributed by atoms with Crippen molar-refractivity contribution in [3.63, 3.8) is 0 Å². The highest BCUT2D eigenvalue weighted by molar-refractivity contribution is 5.94. The summed E-state index contributed by atoms with van der Waals surface area (Å²) in [5.74, 6) is 1.07. The van der Waals surface area contributed by atoms with E-state index in [1.807, 2.05) is 41.3 Å². The van der Waals surface area contributed by atoms with Crippen LogP contribution in [0.5, 0.6) is 5.75 Å². The molecule has 2 saturated heterocycles. The van der Waals surface area contributed by atoms with E-state index in [0.717, 1.165) is 17.7 Å². The third-order valence-electron chi connectivity index (χ3n) is 7.39. The summed E-state index contributed by atoms with van der Waals surface area (Å²) in [5.41, 5.74) is 2.58. The number of carbonyl (C=O) groups is 3. The van der Waals surface area contributed by atoms with E-state index >= 15 is 0 Å². The van der Waals surface area contributed by atoms with Gasteiger partial charge < -0.3 is 24.6 Å². The second-order valence-electron chi connectivity index (χ2n) is 9.48. The van der Waals surface area contributed by atoms with Crippen LogP contribution in [0.3, 0.4) is 0 Å². The first kappa shape index (κ1) is 23.4. The molecule has 1 N–H and O–H groups in total. The second kappa shape index (κ2) is 9.70. The maximum Gasteiger partial charge on any atom is 0.251 e. The van der Waals surface area contributed by atoms with E-state index in [1.54, 1.807) is 31.2 Å². The lowest BCUT2D eigenvalue weighted by atomic mass is 10.1. The van der Waals surface area contributed by atoms with Crippen molar-refractivity contribution >= 4 is 17.7 Å². The smallest absolute Gasteiger partial charge is 0.251 e. The molecule has 5 rings (SSSR count). The summed E-state index contributed by atoms with van der Waals surface area (Å²) >= 11 is 0. The third-order valence-corrected chi connectivity index (χ3v) is 7.39. The van der Waals surface area contributed by atoms with Crippen LogP contribution in [0.15, 0.2) is 48.5 Å². The Morgan fingerprint density at radius 3 is 2.49 bits per heavy atom. The summed E-state index contributed by atoms with van der Waals surface area (Å²) in [4.78, 5) is 41.9. The van der Waals surface area contributed by atoms with Gasteiger partial charge in [-0.3, -0.25) is 14.4 Å². The average molecular weight is 478 g/mol. The van der Waals surface area contributed by atoms with Gasteiger partial charge in [0.05, 0.1) is 32.3 Å². The Labute approximate surface area is 205 Å². The summed E-state index contributed by atoms with van der Waals surface area (Å²) in [6.45, 7) is 2.05. The lowest BCUT2D eigenvalue weighted by Crippen LogP contribution is -2.53. The van der Waals surface area contributed by atoms with Gasteiger partial charge in [-0.15, -0.1) is 0 Å². The van der Waals surface area contributed by atoms with E-state index in [2.05, 4.69) is 5.32 Å². The van der Waals surface area contributed by atoms with Crippen molar-refractivity contribution in [2.24, 2.45) is 5.92 Å². The van der Waals surface area contributed by atoms with E-state index in [4.69, 9.17) is 9.47 Å². The molecule has 8 nitrogen and oxygen atoms in total. The van der Waals surface area contributed by atoms with Gasteiger partial charge in [-0.2, -0.15) is 0 Å². The SMILES string of the molecule is CNC(=O)c1ccc(CC(=O)N2C[C@@H]3OCCN(C(=O)[C@@H]4C[C@H]4c4ccc(OC)cc4)[C@@H]3C2)cc1. The fourth-order valence-electron chi connectivity index (χ4n) is 5.27. The monoisotopic (exact) mass is 477 g/mol. The standard InChI is InChI=1S/C27H31N3O5/c1-28-26(32)19-5-3-17(4-6-19)13-25(31)29-15-23-24(16-29)35-12-11-30(23)27(33)22-14-21(22)18-7-9-20(34-2)10-8-18/h3-10,21-24H,11-16H2,1-2H3,(H,28,32)/t21-,22+,23+,24-/m0/s1.